The zero-order valence-corrected chi connectivity index (χ0v) is 14.4. The van der Waals surface area contributed by atoms with Crippen LogP contribution in [0.15, 0.2) is 12.4 Å². The smallest absolute Gasteiger partial charge is 0.140 e. The first-order valence-electron chi connectivity index (χ1n) is 7.44. The quantitative estimate of drug-likeness (QED) is 0.870. The Bertz CT molecular complexity index is 679. The third-order valence-electron chi connectivity index (χ3n) is 4.53. The molecule has 0 radical (unpaired) electrons. The molecule has 2 aromatic heterocycles. The number of aryl methyl sites for hydroxylation is 1. The van der Waals surface area contributed by atoms with Crippen molar-refractivity contribution in [3.05, 3.63) is 17.3 Å². The van der Waals surface area contributed by atoms with Crippen molar-refractivity contribution in [3.8, 4) is 0 Å². The van der Waals surface area contributed by atoms with Gasteiger partial charge in [-0.25, -0.2) is 9.97 Å². The first-order chi connectivity index (χ1) is 10.1. The number of hydrogen-bond acceptors (Lipinski definition) is 5. The molecule has 0 N–H and O–H groups in total. The molecule has 4 nitrogen and oxygen atoms in total. The summed E-state index contributed by atoms with van der Waals surface area (Å²) in [5.74, 6) is 1.74. The van der Waals surface area contributed by atoms with Crippen molar-refractivity contribution in [2.45, 2.75) is 38.4 Å². The molecule has 1 aliphatic heterocycles. The summed E-state index contributed by atoms with van der Waals surface area (Å²) in [6.07, 6.45) is 3.55. The Morgan fingerprint density at radius 2 is 2.14 bits per heavy atom. The first-order valence-corrected chi connectivity index (χ1v) is 9.58. The summed E-state index contributed by atoms with van der Waals surface area (Å²) in [6, 6.07) is 2.17. The number of fused-ring (bicyclic) bond motifs is 1. The molecule has 2 aromatic rings. The van der Waals surface area contributed by atoms with Crippen LogP contribution in [0.5, 0.6) is 0 Å². The van der Waals surface area contributed by atoms with Crippen LogP contribution in [0.2, 0.25) is 0 Å². The van der Waals surface area contributed by atoms with Gasteiger partial charge in [0, 0.05) is 34.5 Å². The minimum atomic E-state index is -0.742. The highest BCUT2D eigenvalue weighted by atomic mass is 32.2. The molecule has 1 aliphatic rings. The third kappa shape index (κ3) is 2.48. The van der Waals surface area contributed by atoms with Gasteiger partial charge in [-0.15, -0.1) is 11.3 Å². The highest BCUT2D eigenvalue weighted by Gasteiger charge is 2.39. The maximum atomic E-state index is 12.5. The molecule has 3 rings (SSSR count). The fourth-order valence-electron chi connectivity index (χ4n) is 3.10. The van der Waals surface area contributed by atoms with Crippen molar-refractivity contribution >= 4 is 38.2 Å². The summed E-state index contributed by atoms with van der Waals surface area (Å²) >= 11 is 1.70. The molecule has 1 atom stereocenters. The summed E-state index contributed by atoms with van der Waals surface area (Å²) in [5.41, 5.74) is 0. The molecule has 21 heavy (non-hydrogen) atoms. The van der Waals surface area contributed by atoms with Gasteiger partial charge < -0.3 is 4.90 Å². The molecule has 3 heterocycles. The van der Waals surface area contributed by atoms with E-state index < -0.39 is 10.8 Å². The Kier molecular flexibility index (Phi) is 4.01. The largest absolute Gasteiger partial charge is 0.354 e. The molecule has 0 aromatic carbocycles. The van der Waals surface area contributed by atoms with Gasteiger partial charge in [-0.3, -0.25) is 4.21 Å². The van der Waals surface area contributed by atoms with E-state index in [1.165, 1.54) is 4.88 Å². The second-order valence-electron chi connectivity index (χ2n) is 5.63. The maximum absolute atomic E-state index is 12.5. The van der Waals surface area contributed by atoms with Gasteiger partial charge in [0.05, 0.1) is 10.1 Å². The molecule has 1 fully saturated rings. The van der Waals surface area contributed by atoms with Crippen LogP contribution in [0.25, 0.3) is 10.2 Å². The SMILES string of the molecule is CCC1(CC)CN(c2ncnc3sc(C)cc23)CCS1=O. The van der Waals surface area contributed by atoms with Gasteiger partial charge in [0.1, 0.15) is 17.0 Å². The molecule has 0 aliphatic carbocycles. The van der Waals surface area contributed by atoms with Gasteiger partial charge in [-0.05, 0) is 25.8 Å². The van der Waals surface area contributed by atoms with E-state index >= 15 is 0 Å². The Hall–Kier alpha value is -1.01. The minimum Gasteiger partial charge on any atom is -0.354 e. The van der Waals surface area contributed by atoms with Gasteiger partial charge >= 0.3 is 0 Å². The zero-order chi connectivity index (χ0) is 15.0. The first kappa shape index (κ1) is 14.9. The topological polar surface area (TPSA) is 46.1 Å². The van der Waals surface area contributed by atoms with E-state index in [0.717, 1.165) is 47.7 Å². The summed E-state index contributed by atoms with van der Waals surface area (Å²) in [4.78, 5) is 13.5. The molecule has 0 amide bonds. The molecular weight excluding hydrogens is 302 g/mol. The summed E-state index contributed by atoms with van der Waals surface area (Å²) in [6.45, 7) is 8.04. The van der Waals surface area contributed by atoms with E-state index in [1.54, 1.807) is 17.7 Å². The summed E-state index contributed by atoms with van der Waals surface area (Å²) in [7, 11) is -0.742. The Labute approximate surface area is 132 Å². The van der Waals surface area contributed by atoms with Crippen LogP contribution in [-0.2, 0) is 10.8 Å². The van der Waals surface area contributed by atoms with E-state index in [4.69, 9.17) is 0 Å². The standard InChI is InChI=1S/C15H21N3OS2/c1-4-15(5-2)9-18(6-7-21(15)19)13-12-8-11(3)20-14(12)17-10-16-13/h8,10H,4-7,9H2,1-3H3. The lowest BCUT2D eigenvalue weighted by molar-refractivity contribution is 0.495. The number of hydrogen-bond donors (Lipinski definition) is 0. The molecule has 0 bridgehead atoms. The maximum Gasteiger partial charge on any atom is 0.140 e. The number of anilines is 1. The number of thiophene rings is 1. The molecule has 114 valence electrons. The predicted octanol–water partition coefficient (Wildman–Crippen LogP) is 3.13. The van der Waals surface area contributed by atoms with E-state index in [-0.39, 0.29) is 4.75 Å². The van der Waals surface area contributed by atoms with Crippen LogP contribution >= 0.6 is 11.3 Å². The van der Waals surface area contributed by atoms with Gasteiger partial charge in [0.2, 0.25) is 0 Å². The van der Waals surface area contributed by atoms with Crippen LogP contribution in [0.3, 0.4) is 0 Å². The molecular formula is C15H21N3OS2. The number of rotatable bonds is 3. The van der Waals surface area contributed by atoms with Gasteiger partial charge in [-0.1, -0.05) is 13.8 Å². The summed E-state index contributed by atoms with van der Waals surface area (Å²) in [5, 5.41) is 1.13. The van der Waals surface area contributed by atoms with E-state index in [1.807, 2.05) is 0 Å². The Balaban J connectivity index is 2.01. The monoisotopic (exact) mass is 323 g/mol. The molecule has 6 heteroatoms. The molecule has 1 saturated heterocycles. The van der Waals surface area contributed by atoms with Crippen LogP contribution < -0.4 is 4.90 Å². The van der Waals surface area contributed by atoms with E-state index in [0.29, 0.717) is 0 Å². The fraction of sp³-hybridized carbons (Fsp3) is 0.600. The van der Waals surface area contributed by atoms with Crippen molar-refractivity contribution in [1.82, 2.24) is 9.97 Å². The fourth-order valence-corrected chi connectivity index (χ4v) is 5.71. The van der Waals surface area contributed by atoms with Gasteiger partial charge in [0.15, 0.2) is 0 Å². The van der Waals surface area contributed by atoms with Crippen LogP contribution in [0, 0.1) is 6.92 Å². The third-order valence-corrected chi connectivity index (χ3v) is 7.71. The van der Waals surface area contributed by atoms with Gasteiger partial charge in [-0.2, -0.15) is 0 Å². The van der Waals surface area contributed by atoms with Crippen molar-refractivity contribution in [2.75, 3.05) is 23.7 Å². The molecule has 0 saturated carbocycles. The van der Waals surface area contributed by atoms with Crippen LogP contribution in [0.1, 0.15) is 31.6 Å². The van der Waals surface area contributed by atoms with Crippen LogP contribution in [0.4, 0.5) is 5.82 Å². The highest BCUT2D eigenvalue weighted by Crippen LogP contribution is 2.35. The van der Waals surface area contributed by atoms with Crippen LogP contribution in [-0.4, -0.2) is 37.8 Å². The lowest BCUT2D eigenvalue weighted by atomic mass is 10.0. The van der Waals surface area contributed by atoms with Gasteiger partial charge in [0.25, 0.3) is 0 Å². The normalized spacial score (nSPS) is 21.9. The van der Waals surface area contributed by atoms with E-state index in [9.17, 15) is 4.21 Å². The lowest BCUT2D eigenvalue weighted by Crippen LogP contribution is -2.53. The highest BCUT2D eigenvalue weighted by molar-refractivity contribution is 7.86. The number of nitrogens with zero attached hydrogens (tertiary/aromatic N) is 3. The van der Waals surface area contributed by atoms with E-state index in [2.05, 4.69) is 41.7 Å². The minimum absolute atomic E-state index is 0.0966. The van der Waals surface area contributed by atoms with Crippen molar-refractivity contribution in [1.29, 1.82) is 0 Å². The second-order valence-corrected chi connectivity index (χ2v) is 8.83. The zero-order valence-electron chi connectivity index (χ0n) is 12.8. The molecule has 1 unspecified atom stereocenters. The Morgan fingerprint density at radius 3 is 2.86 bits per heavy atom. The molecule has 0 spiro atoms. The number of aromatic nitrogens is 2. The van der Waals surface area contributed by atoms with Crippen molar-refractivity contribution in [2.24, 2.45) is 0 Å². The van der Waals surface area contributed by atoms with Crippen molar-refractivity contribution < 1.29 is 4.21 Å². The lowest BCUT2D eigenvalue weighted by Gasteiger charge is -2.41. The van der Waals surface area contributed by atoms with Crippen molar-refractivity contribution in [3.63, 3.8) is 0 Å². The Morgan fingerprint density at radius 1 is 1.38 bits per heavy atom. The predicted molar refractivity (Wildman–Crippen MR) is 90.7 cm³/mol. The average Bonchev–Trinajstić information content (AvgIpc) is 2.88. The summed E-state index contributed by atoms with van der Waals surface area (Å²) < 4.78 is 12.4. The average molecular weight is 323 g/mol. The second kappa shape index (κ2) is 5.65.